The van der Waals surface area contributed by atoms with Gasteiger partial charge in [0.05, 0.1) is 12.4 Å². The summed E-state index contributed by atoms with van der Waals surface area (Å²) in [5.41, 5.74) is 0.0594. The zero-order valence-electron chi connectivity index (χ0n) is 8.95. The molecule has 0 aromatic heterocycles. The van der Waals surface area contributed by atoms with Crippen molar-refractivity contribution in [1.82, 2.24) is 10.0 Å². The monoisotopic (exact) mass is 234 g/mol. The Morgan fingerprint density at radius 2 is 2.40 bits per heavy atom. The van der Waals surface area contributed by atoms with Gasteiger partial charge in [-0.15, -0.1) is 0 Å². The summed E-state index contributed by atoms with van der Waals surface area (Å²) in [7, 11) is -1.64. The van der Waals surface area contributed by atoms with Gasteiger partial charge in [-0.25, -0.2) is 13.1 Å². The summed E-state index contributed by atoms with van der Waals surface area (Å²) in [4.78, 5) is 0. The standard InChI is InChI=1S/C9H18N2O3S/c1-10-15(12,13)5-8-4-11-6-9(8)2-3-14-7-9/h8,10-11H,2-7H2,1H3. The van der Waals surface area contributed by atoms with Crippen LogP contribution in [0.2, 0.25) is 0 Å². The van der Waals surface area contributed by atoms with Crippen LogP contribution in [0.25, 0.3) is 0 Å². The lowest BCUT2D eigenvalue weighted by atomic mass is 9.78. The topological polar surface area (TPSA) is 67.4 Å². The van der Waals surface area contributed by atoms with E-state index in [9.17, 15) is 8.42 Å². The number of rotatable bonds is 3. The van der Waals surface area contributed by atoms with Gasteiger partial charge in [-0.2, -0.15) is 0 Å². The van der Waals surface area contributed by atoms with Crippen molar-refractivity contribution < 1.29 is 13.2 Å². The molecule has 2 heterocycles. The van der Waals surface area contributed by atoms with Crippen LogP contribution in [0.3, 0.4) is 0 Å². The van der Waals surface area contributed by atoms with Crippen LogP contribution >= 0.6 is 0 Å². The maximum Gasteiger partial charge on any atom is 0.211 e. The highest BCUT2D eigenvalue weighted by Crippen LogP contribution is 2.39. The highest BCUT2D eigenvalue weighted by atomic mass is 32.2. The summed E-state index contributed by atoms with van der Waals surface area (Å²) in [5.74, 6) is 0.386. The van der Waals surface area contributed by atoms with Crippen LogP contribution in [-0.2, 0) is 14.8 Å². The van der Waals surface area contributed by atoms with Gasteiger partial charge >= 0.3 is 0 Å². The van der Waals surface area contributed by atoms with Crippen LogP contribution in [-0.4, -0.2) is 47.5 Å². The summed E-state index contributed by atoms with van der Waals surface area (Å²) in [6.07, 6.45) is 0.976. The molecule has 0 amide bonds. The van der Waals surface area contributed by atoms with E-state index in [0.29, 0.717) is 6.61 Å². The Balaban J connectivity index is 2.09. The van der Waals surface area contributed by atoms with Gasteiger partial charge in [-0.05, 0) is 25.9 Å². The smallest absolute Gasteiger partial charge is 0.211 e. The van der Waals surface area contributed by atoms with Crippen LogP contribution < -0.4 is 10.0 Å². The molecule has 88 valence electrons. The van der Waals surface area contributed by atoms with E-state index in [1.165, 1.54) is 7.05 Å². The molecule has 2 fully saturated rings. The molecule has 2 saturated heterocycles. The SMILES string of the molecule is CNS(=O)(=O)CC1CNCC12CCOC2. The largest absolute Gasteiger partial charge is 0.381 e. The summed E-state index contributed by atoms with van der Waals surface area (Å²) in [5, 5.41) is 3.28. The second-order valence-corrected chi connectivity index (χ2v) is 6.45. The molecule has 5 nitrogen and oxygen atoms in total. The predicted molar refractivity (Wildman–Crippen MR) is 57.1 cm³/mol. The lowest BCUT2D eigenvalue weighted by Gasteiger charge is -2.27. The molecule has 6 heteroatoms. The van der Waals surface area contributed by atoms with Crippen molar-refractivity contribution in [3.05, 3.63) is 0 Å². The van der Waals surface area contributed by atoms with Gasteiger partial charge in [-0.1, -0.05) is 0 Å². The Hall–Kier alpha value is -0.170. The average molecular weight is 234 g/mol. The molecule has 2 N–H and O–H groups in total. The highest BCUT2D eigenvalue weighted by molar-refractivity contribution is 7.89. The van der Waals surface area contributed by atoms with E-state index in [2.05, 4.69) is 10.0 Å². The van der Waals surface area contributed by atoms with Crippen molar-refractivity contribution in [2.24, 2.45) is 11.3 Å². The third-order valence-corrected chi connectivity index (χ3v) is 5.06. The van der Waals surface area contributed by atoms with Crippen molar-refractivity contribution in [2.45, 2.75) is 6.42 Å². The minimum absolute atomic E-state index is 0.0594. The van der Waals surface area contributed by atoms with E-state index < -0.39 is 10.0 Å². The molecule has 2 aliphatic rings. The maximum absolute atomic E-state index is 11.5. The average Bonchev–Trinajstić information content (AvgIpc) is 2.79. The summed E-state index contributed by atoms with van der Waals surface area (Å²) in [6, 6.07) is 0. The molecule has 2 unspecified atom stereocenters. The van der Waals surface area contributed by atoms with Crippen LogP contribution in [0, 0.1) is 11.3 Å². The maximum atomic E-state index is 11.5. The van der Waals surface area contributed by atoms with Crippen LogP contribution in [0.5, 0.6) is 0 Å². The number of nitrogens with one attached hydrogen (secondary N) is 2. The van der Waals surface area contributed by atoms with Crippen molar-refractivity contribution in [3.8, 4) is 0 Å². The summed E-state index contributed by atoms with van der Waals surface area (Å²) >= 11 is 0. The molecule has 0 aliphatic carbocycles. The molecule has 0 bridgehead atoms. The summed E-state index contributed by atoms with van der Waals surface area (Å²) in [6.45, 7) is 3.13. The molecular formula is C9H18N2O3S. The lowest BCUT2D eigenvalue weighted by molar-refractivity contribution is 0.141. The minimum Gasteiger partial charge on any atom is -0.381 e. The Kier molecular flexibility index (Phi) is 3.03. The zero-order valence-corrected chi connectivity index (χ0v) is 9.77. The molecule has 15 heavy (non-hydrogen) atoms. The lowest BCUT2D eigenvalue weighted by Crippen LogP contribution is -2.37. The number of hydrogen-bond donors (Lipinski definition) is 2. The van der Waals surface area contributed by atoms with Gasteiger partial charge < -0.3 is 10.1 Å². The molecule has 0 saturated carbocycles. The molecule has 2 atom stereocenters. The van der Waals surface area contributed by atoms with Gasteiger partial charge in [0, 0.05) is 18.6 Å². The van der Waals surface area contributed by atoms with Gasteiger partial charge in [0.25, 0.3) is 0 Å². The third-order valence-electron chi connectivity index (χ3n) is 3.60. The first-order chi connectivity index (χ1) is 7.08. The van der Waals surface area contributed by atoms with E-state index in [1.807, 2.05) is 0 Å². The fourth-order valence-electron chi connectivity index (χ4n) is 2.52. The zero-order chi connectivity index (χ0) is 10.9. The van der Waals surface area contributed by atoms with Crippen molar-refractivity contribution in [3.63, 3.8) is 0 Å². The van der Waals surface area contributed by atoms with Crippen molar-refractivity contribution in [1.29, 1.82) is 0 Å². The second-order valence-electron chi connectivity index (χ2n) is 4.48. The van der Waals surface area contributed by atoms with Crippen molar-refractivity contribution in [2.75, 3.05) is 39.1 Å². The Bertz CT molecular complexity index is 317. The first kappa shape index (κ1) is 11.3. The first-order valence-electron chi connectivity index (χ1n) is 5.28. The fourth-order valence-corrected chi connectivity index (χ4v) is 3.69. The molecule has 0 aromatic rings. The van der Waals surface area contributed by atoms with E-state index in [4.69, 9.17) is 4.74 Å². The Labute approximate surface area is 90.6 Å². The van der Waals surface area contributed by atoms with Crippen LogP contribution in [0.4, 0.5) is 0 Å². The van der Waals surface area contributed by atoms with E-state index in [-0.39, 0.29) is 17.1 Å². The molecule has 0 radical (unpaired) electrons. The number of ether oxygens (including phenoxy) is 1. The van der Waals surface area contributed by atoms with Gasteiger partial charge in [-0.3, -0.25) is 0 Å². The quantitative estimate of drug-likeness (QED) is 0.668. The van der Waals surface area contributed by atoms with Gasteiger partial charge in [0.15, 0.2) is 0 Å². The minimum atomic E-state index is -3.11. The molecule has 1 spiro atoms. The highest BCUT2D eigenvalue weighted by Gasteiger charge is 2.46. The van der Waals surface area contributed by atoms with Crippen molar-refractivity contribution >= 4 is 10.0 Å². The first-order valence-corrected chi connectivity index (χ1v) is 6.93. The van der Waals surface area contributed by atoms with Gasteiger partial charge in [0.1, 0.15) is 0 Å². The molecule has 2 aliphatic heterocycles. The van der Waals surface area contributed by atoms with Crippen LogP contribution in [0.15, 0.2) is 0 Å². The van der Waals surface area contributed by atoms with E-state index in [0.717, 1.165) is 26.1 Å². The molecule has 2 rings (SSSR count). The Morgan fingerprint density at radius 3 is 3.00 bits per heavy atom. The molecule has 0 aromatic carbocycles. The van der Waals surface area contributed by atoms with Crippen LogP contribution in [0.1, 0.15) is 6.42 Å². The normalized spacial score (nSPS) is 36.5. The van der Waals surface area contributed by atoms with Gasteiger partial charge in [0.2, 0.25) is 10.0 Å². The number of sulfonamides is 1. The fraction of sp³-hybridized carbons (Fsp3) is 1.00. The second kappa shape index (κ2) is 4.01. The Morgan fingerprint density at radius 1 is 1.60 bits per heavy atom. The van der Waals surface area contributed by atoms with E-state index >= 15 is 0 Å². The third kappa shape index (κ3) is 2.18. The summed E-state index contributed by atoms with van der Waals surface area (Å²) < 4.78 is 30.8. The van der Waals surface area contributed by atoms with E-state index in [1.54, 1.807) is 0 Å². The predicted octanol–water partition coefficient (Wildman–Crippen LogP) is -0.838. The number of hydrogen-bond acceptors (Lipinski definition) is 4. The molecular weight excluding hydrogens is 216 g/mol.